The Bertz CT molecular complexity index is 177. The molecule has 0 amide bonds. The number of alkyl halides is 1. The van der Waals surface area contributed by atoms with Crippen LogP contribution in [0.15, 0.2) is 0 Å². The highest BCUT2D eigenvalue weighted by atomic mass is 79.9. The molecule has 0 radical (unpaired) electrons. The minimum absolute atomic E-state index is 0.536. The molecule has 0 spiro atoms. The van der Waals surface area contributed by atoms with Gasteiger partial charge in [-0.2, -0.15) is 0 Å². The van der Waals surface area contributed by atoms with E-state index in [0.717, 1.165) is 32.1 Å². The van der Waals surface area contributed by atoms with E-state index in [4.69, 9.17) is 10.8 Å². The summed E-state index contributed by atoms with van der Waals surface area (Å²) in [4.78, 5) is 0.566. The van der Waals surface area contributed by atoms with Gasteiger partial charge in [0.25, 0.3) is 0 Å². The third-order valence-electron chi connectivity index (χ3n) is 2.02. The Kier molecular flexibility index (Phi) is 3.24. The molecule has 2 nitrogen and oxygen atoms in total. The summed E-state index contributed by atoms with van der Waals surface area (Å²) in [5, 5.41) is 14.9. The lowest BCUT2D eigenvalue weighted by molar-refractivity contribution is 0.681. The van der Waals surface area contributed by atoms with Crippen LogP contribution in [-0.4, -0.2) is 16.3 Å². The van der Waals surface area contributed by atoms with Gasteiger partial charge in [-0.25, -0.2) is 0 Å². The minimum Gasteiger partial charge on any atom is -0.303 e. The molecular formula is C8H13BrN2. The molecule has 0 aromatic rings. The fourth-order valence-electron chi connectivity index (χ4n) is 1.25. The van der Waals surface area contributed by atoms with Crippen molar-refractivity contribution in [2.24, 2.45) is 0 Å². The van der Waals surface area contributed by atoms with Crippen molar-refractivity contribution in [1.82, 2.24) is 0 Å². The van der Waals surface area contributed by atoms with Crippen LogP contribution < -0.4 is 0 Å². The fourth-order valence-corrected chi connectivity index (χ4v) is 1.80. The highest BCUT2D eigenvalue weighted by Gasteiger charge is 2.13. The molecule has 1 aliphatic carbocycles. The number of nitrogens with one attached hydrogen (secondary N) is 2. The fraction of sp³-hybridized carbons (Fsp3) is 0.750. The van der Waals surface area contributed by atoms with Gasteiger partial charge < -0.3 is 10.8 Å². The molecule has 3 heteroatoms. The van der Waals surface area contributed by atoms with E-state index in [1.807, 2.05) is 0 Å². The zero-order chi connectivity index (χ0) is 8.27. The van der Waals surface area contributed by atoms with Crippen LogP contribution in [0.2, 0.25) is 0 Å². The molecule has 1 rings (SSSR count). The van der Waals surface area contributed by atoms with Crippen LogP contribution in [0.25, 0.3) is 0 Å². The van der Waals surface area contributed by atoms with Crippen LogP contribution in [0.1, 0.15) is 32.1 Å². The van der Waals surface area contributed by atoms with E-state index < -0.39 is 0 Å². The largest absolute Gasteiger partial charge is 0.303 e. The lowest BCUT2D eigenvalue weighted by atomic mass is 9.98. The van der Waals surface area contributed by atoms with Gasteiger partial charge in [0.1, 0.15) is 0 Å². The van der Waals surface area contributed by atoms with Gasteiger partial charge in [0.05, 0.1) is 11.4 Å². The van der Waals surface area contributed by atoms with Gasteiger partial charge in [0.15, 0.2) is 0 Å². The van der Waals surface area contributed by atoms with Gasteiger partial charge in [-0.15, -0.1) is 0 Å². The molecule has 0 heterocycles. The summed E-state index contributed by atoms with van der Waals surface area (Å²) in [6.45, 7) is 0. The zero-order valence-electron chi connectivity index (χ0n) is 6.49. The average molecular weight is 217 g/mol. The first kappa shape index (κ1) is 8.91. The molecule has 2 N–H and O–H groups in total. The molecule has 1 atom stereocenters. The Morgan fingerprint density at radius 1 is 1.09 bits per heavy atom. The van der Waals surface area contributed by atoms with E-state index in [9.17, 15) is 0 Å². The maximum Gasteiger partial charge on any atom is 0.0521 e. The van der Waals surface area contributed by atoms with Gasteiger partial charge in [-0.1, -0.05) is 15.9 Å². The molecule has 0 aromatic carbocycles. The van der Waals surface area contributed by atoms with Crippen LogP contribution in [-0.2, 0) is 0 Å². The zero-order valence-corrected chi connectivity index (χ0v) is 8.08. The molecule has 1 aliphatic rings. The monoisotopic (exact) mass is 216 g/mol. The highest BCUT2D eigenvalue weighted by Crippen LogP contribution is 2.19. The van der Waals surface area contributed by atoms with E-state index in [-0.39, 0.29) is 0 Å². The molecule has 62 valence electrons. The number of hydrogen-bond acceptors (Lipinski definition) is 2. The molecule has 1 fully saturated rings. The number of halogens is 1. The topological polar surface area (TPSA) is 47.7 Å². The Labute approximate surface area is 75.5 Å². The Hall–Kier alpha value is -0.180. The summed E-state index contributed by atoms with van der Waals surface area (Å²) in [7, 11) is 0. The quantitative estimate of drug-likeness (QED) is 0.586. The molecule has 1 unspecified atom stereocenters. The van der Waals surface area contributed by atoms with Crippen molar-refractivity contribution in [3.63, 3.8) is 0 Å². The van der Waals surface area contributed by atoms with Crippen LogP contribution in [0.5, 0.6) is 0 Å². The van der Waals surface area contributed by atoms with Crippen molar-refractivity contribution in [1.29, 1.82) is 10.8 Å². The standard InChI is InChI=1S/C8H13BrN2/c9-6-2-1-3-7(10)8(11)5-4-6/h6,10-11H,1-5H2. The Morgan fingerprint density at radius 3 is 2.45 bits per heavy atom. The lowest BCUT2D eigenvalue weighted by Gasteiger charge is -2.14. The van der Waals surface area contributed by atoms with Crippen LogP contribution in [0.4, 0.5) is 0 Å². The van der Waals surface area contributed by atoms with Gasteiger partial charge >= 0.3 is 0 Å². The van der Waals surface area contributed by atoms with E-state index in [0.29, 0.717) is 16.3 Å². The molecule has 0 aliphatic heterocycles. The molecule has 11 heavy (non-hydrogen) atoms. The maximum atomic E-state index is 7.48. The summed E-state index contributed by atoms with van der Waals surface area (Å²) in [6.07, 6.45) is 4.78. The maximum absolute atomic E-state index is 7.48. The normalized spacial score (nSPS) is 27.9. The van der Waals surface area contributed by atoms with Crippen LogP contribution in [0.3, 0.4) is 0 Å². The first-order valence-corrected chi connectivity index (χ1v) is 4.91. The van der Waals surface area contributed by atoms with Crippen LogP contribution in [0, 0.1) is 10.8 Å². The summed E-state index contributed by atoms with van der Waals surface area (Å²) in [6, 6.07) is 0. The van der Waals surface area contributed by atoms with Gasteiger partial charge in [0, 0.05) is 4.83 Å². The molecule has 1 saturated carbocycles. The predicted molar refractivity (Wildman–Crippen MR) is 51.3 cm³/mol. The van der Waals surface area contributed by atoms with Gasteiger partial charge in [-0.3, -0.25) is 0 Å². The third-order valence-corrected chi connectivity index (χ3v) is 2.93. The van der Waals surface area contributed by atoms with Crippen molar-refractivity contribution in [3.8, 4) is 0 Å². The second-order valence-electron chi connectivity index (χ2n) is 2.99. The number of rotatable bonds is 0. The molecule has 0 bridgehead atoms. The van der Waals surface area contributed by atoms with E-state index in [1.165, 1.54) is 0 Å². The summed E-state index contributed by atoms with van der Waals surface area (Å²) >= 11 is 3.55. The van der Waals surface area contributed by atoms with Gasteiger partial charge in [-0.05, 0) is 32.1 Å². The predicted octanol–water partition coefficient (Wildman–Crippen LogP) is 2.75. The smallest absolute Gasteiger partial charge is 0.0521 e. The summed E-state index contributed by atoms with van der Waals surface area (Å²) in [5.74, 6) is 0. The molecular weight excluding hydrogens is 204 g/mol. The minimum atomic E-state index is 0.536. The number of hydrogen-bond donors (Lipinski definition) is 2. The molecule has 0 aromatic heterocycles. The second-order valence-corrected chi connectivity index (χ2v) is 4.28. The highest BCUT2D eigenvalue weighted by molar-refractivity contribution is 9.09. The van der Waals surface area contributed by atoms with E-state index >= 15 is 0 Å². The average Bonchev–Trinajstić information content (AvgIpc) is 1.98. The van der Waals surface area contributed by atoms with Crippen molar-refractivity contribution >= 4 is 27.4 Å². The first-order valence-electron chi connectivity index (χ1n) is 3.99. The van der Waals surface area contributed by atoms with Gasteiger partial charge in [0.2, 0.25) is 0 Å². The van der Waals surface area contributed by atoms with Crippen molar-refractivity contribution in [3.05, 3.63) is 0 Å². The van der Waals surface area contributed by atoms with Crippen molar-refractivity contribution in [2.75, 3.05) is 0 Å². The SMILES string of the molecule is N=C1CCCC(Br)CCC1=N. The van der Waals surface area contributed by atoms with Crippen LogP contribution >= 0.6 is 15.9 Å². The second kappa shape index (κ2) is 4.00. The Balaban J connectivity index is 2.47. The van der Waals surface area contributed by atoms with E-state index in [2.05, 4.69) is 15.9 Å². The van der Waals surface area contributed by atoms with E-state index in [1.54, 1.807) is 0 Å². The van der Waals surface area contributed by atoms with Crippen molar-refractivity contribution in [2.45, 2.75) is 36.9 Å². The summed E-state index contributed by atoms with van der Waals surface area (Å²) in [5.41, 5.74) is 1.08. The van der Waals surface area contributed by atoms with Crippen molar-refractivity contribution < 1.29 is 0 Å². The lowest BCUT2D eigenvalue weighted by Crippen LogP contribution is -2.17. The third kappa shape index (κ3) is 2.73. The Morgan fingerprint density at radius 2 is 1.73 bits per heavy atom. The molecule has 0 saturated heterocycles. The summed E-state index contributed by atoms with van der Waals surface area (Å²) < 4.78 is 0. The first-order chi connectivity index (χ1) is 5.20.